The molecule has 1 aromatic rings. The molecule has 96 valence electrons. The number of hydrogen-bond donors (Lipinski definition) is 1. The molecule has 0 aliphatic carbocycles. The van der Waals surface area contributed by atoms with E-state index >= 15 is 0 Å². The Morgan fingerprint density at radius 3 is 2.28 bits per heavy atom. The molecule has 18 heavy (non-hydrogen) atoms. The fourth-order valence-corrected chi connectivity index (χ4v) is 2.41. The first-order valence-electron chi connectivity index (χ1n) is 6.64. The molecule has 1 N–H and O–H groups in total. The van der Waals surface area contributed by atoms with Gasteiger partial charge in [0.15, 0.2) is 12.1 Å². The van der Waals surface area contributed by atoms with E-state index in [2.05, 4.69) is 4.58 Å². The molecule has 0 aromatic heterocycles. The van der Waals surface area contributed by atoms with Gasteiger partial charge < -0.3 is 5.11 Å². The number of carbonyl (C=O) groups is 1. The van der Waals surface area contributed by atoms with Gasteiger partial charge in [-0.2, -0.15) is 0 Å². The highest BCUT2D eigenvalue weighted by molar-refractivity contribution is 5.93. The van der Waals surface area contributed by atoms with Gasteiger partial charge in [-0.25, -0.2) is 4.58 Å². The SMILES string of the molecule is O=C(O)C(C=[N+]1CCCCCC1)c1ccccc1. The van der Waals surface area contributed by atoms with Gasteiger partial charge in [-0.1, -0.05) is 30.3 Å². The molecule has 3 heteroatoms. The summed E-state index contributed by atoms with van der Waals surface area (Å²) in [5.41, 5.74) is 0.856. The van der Waals surface area contributed by atoms with E-state index in [1.54, 1.807) is 0 Å². The van der Waals surface area contributed by atoms with E-state index < -0.39 is 11.9 Å². The second-order valence-corrected chi connectivity index (χ2v) is 4.83. The van der Waals surface area contributed by atoms with Gasteiger partial charge in [-0.05, 0) is 18.4 Å². The van der Waals surface area contributed by atoms with E-state index in [-0.39, 0.29) is 0 Å². The highest BCUT2D eigenvalue weighted by Gasteiger charge is 2.22. The normalized spacial score (nSPS) is 17.9. The Bertz CT molecular complexity index is 415. The van der Waals surface area contributed by atoms with Gasteiger partial charge in [-0.15, -0.1) is 0 Å². The second kappa shape index (κ2) is 6.34. The summed E-state index contributed by atoms with van der Waals surface area (Å²) in [7, 11) is 0. The Kier molecular flexibility index (Phi) is 4.51. The quantitative estimate of drug-likeness (QED) is 0.832. The molecule has 1 fully saturated rings. The van der Waals surface area contributed by atoms with Gasteiger partial charge in [-0.3, -0.25) is 4.79 Å². The van der Waals surface area contributed by atoms with Crippen LogP contribution >= 0.6 is 0 Å². The van der Waals surface area contributed by atoms with Crippen LogP contribution in [0.25, 0.3) is 0 Å². The van der Waals surface area contributed by atoms with Crippen molar-refractivity contribution in [2.75, 3.05) is 13.1 Å². The van der Waals surface area contributed by atoms with Crippen LogP contribution in [0.4, 0.5) is 0 Å². The minimum Gasteiger partial charge on any atom is -0.480 e. The zero-order valence-electron chi connectivity index (χ0n) is 10.6. The molecular formula is C15H20NO2+. The maximum atomic E-state index is 11.4. The maximum Gasteiger partial charge on any atom is 0.321 e. The van der Waals surface area contributed by atoms with Crippen molar-refractivity contribution in [1.82, 2.24) is 0 Å². The summed E-state index contributed by atoms with van der Waals surface area (Å²) in [6, 6.07) is 9.46. The van der Waals surface area contributed by atoms with Crippen molar-refractivity contribution in [3.8, 4) is 0 Å². The molecule has 3 nitrogen and oxygen atoms in total. The standard InChI is InChI=1S/C15H19NO2/c17-15(18)14(13-8-4-3-5-9-13)12-16-10-6-1-2-7-11-16/h3-5,8-9,12,14H,1-2,6-7,10-11H2/p+1. The lowest BCUT2D eigenvalue weighted by Gasteiger charge is -2.07. The summed E-state index contributed by atoms with van der Waals surface area (Å²) in [5.74, 6) is -1.30. The Balaban J connectivity index is 2.20. The predicted molar refractivity (Wildman–Crippen MR) is 71.3 cm³/mol. The number of hydrogen-bond acceptors (Lipinski definition) is 1. The van der Waals surface area contributed by atoms with Crippen LogP contribution in [0.2, 0.25) is 0 Å². The van der Waals surface area contributed by atoms with E-state index in [0.29, 0.717) is 0 Å². The van der Waals surface area contributed by atoms with Crippen LogP contribution in [0, 0.1) is 0 Å². The largest absolute Gasteiger partial charge is 0.480 e. The van der Waals surface area contributed by atoms with Crippen molar-refractivity contribution < 1.29 is 14.5 Å². The average molecular weight is 246 g/mol. The molecular weight excluding hydrogens is 226 g/mol. The number of nitrogens with zero attached hydrogens (tertiary/aromatic N) is 1. The molecule has 1 heterocycles. The van der Waals surface area contributed by atoms with Crippen molar-refractivity contribution >= 4 is 12.2 Å². The predicted octanol–water partition coefficient (Wildman–Crippen LogP) is 2.51. The van der Waals surface area contributed by atoms with E-state index in [9.17, 15) is 9.90 Å². The molecule has 1 atom stereocenters. The molecule has 0 radical (unpaired) electrons. The number of aliphatic carboxylic acids is 1. The minimum absolute atomic E-state index is 0.524. The molecule has 0 bridgehead atoms. The van der Waals surface area contributed by atoms with Crippen molar-refractivity contribution in [3.63, 3.8) is 0 Å². The van der Waals surface area contributed by atoms with Crippen LogP contribution in [0.1, 0.15) is 37.2 Å². The molecule has 1 aromatic carbocycles. The summed E-state index contributed by atoms with van der Waals surface area (Å²) in [4.78, 5) is 11.4. The van der Waals surface area contributed by atoms with Crippen LogP contribution in [0.3, 0.4) is 0 Å². The summed E-state index contributed by atoms with van der Waals surface area (Å²) >= 11 is 0. The van der Waals surface area contributed by atoms with Crippen molar-refractivity contribution in [2.24, 2.45) is 0 Å². The molecule has 0 spiro atoms. The molecule has 1 aliphatic heterocycles. The van der Waals surface area contributed by atoms with Gasteiger partial charge in [0, 0.05) is 12.8 Å². The Hall–Kier alpha value is -1.64. The summed E-state index contributed by atoms with van der Waals surface area (Å²) in [6.45, 7) is 1.97. The van der Waals surface area contributed by atoms with Crippen LogP contribution in [-0.4, -0.2) is 35.0 Å². The molecule has 1 aliphatic rings. The monoisotopic (exact) mass is 246 g/mol. The van der Waals surface area contributed by atoms with Crippen molar-refractivity contribution in [2.45, 2.75) is 31.6 Å². The highest BCUT2D eigenvalue weighted by Crippen LogP contribution is 2.14. The molecule has 0 amide bonds. The summed E-state index contributed by atoms with van der Waals surface area (Å²) < 4.78 is 2.18. The van der Waals surface area contributed by atoms with Gasteiger partial charge in [0.25, 0.3) is 0 Å². The molecule has 1 unspecified atom stereocenters. The molecule has 2 rings (SSSR count). The first-order chi connectivity index (χ1) is 8.77. The van der Waals surface area contributed by atoms with Crippen LogP contribution in [0.5, 0.6) is 0 Å². The fourth-order valence-electron chi connectivity index (χ4n) is 2.41. The lowest BCUT2D eigenvalue weighted by molar-refractivity contribution is -0.522. The van der Waals surface area contributed by atoms with Gasteiger partial charge in [0.2, 0.25) is 0 Å². The van der Waals surface area contributed by atoms with Gasteiger partial charge in [0.1, 0.15) is 13.1 Å². The second-order valence-electron chi connectivity index (χ2n) is 4.83. The van der Waals surface area contributed by atoms with E-state index in [1.807, 2.05) is 36.5 Å². The van der Waals surface area contributed by atoms with E-state index in [4.69, 9.17) is 0 Å². The Labute approximate surface area is 108 Å². The van der Waals surface area contributed by atoms with Gasteiger partial charge >= 0.3 is 5.97 Å². The first-order valence-corrected chi connectivity index (χ1v) is 6.64. The number of carboxylic acids is 1. The Morgan fingerprint density at radius 2 is 1.72 bits per heavy atom. The van der Waals surface area contributed by atoms with E-state index in [1.165, 1.54) is 12.8 Å². The fraction of sp³-hybridized carbons (Fsp3) is 0.467. The highest BCUT2D eigenvalue weighted by atomic mass is 16.4. The average Bonchev–Trinajstić information content (AvgIpc) is 2.65. The van der Waals surface area contributed by atoms with Gasteiger partial charge in [0.05, 0.1) is 0 Å². The lowest BCUT2D eigenvalue weighted by Crippen LogP contribution is -2.22. The van der Waals surface area contributed by atoms with Crippen LogP contribution < -0.4 is 0 Å². The van der Waals surface area contributed by atoms with Crippen molar-refractivity contribution in [1.29, 1.82) is 0 Å². The third-order valence-corrected chi connectivity index (χ3v) is 3.43. The maximum absolute atomic E-state index is 11.4. The zero-order chi connectivity index (χ0) is 12.8. The molecule has 1 saturated heterocycles. The van der Waals surface area contributed by atoms with E-state index in [0.717, 1.165) is 31.5 Å². The first kappa shape index (κ1) is 12.8. The molecule has 0 saturated carbocycles. The number of rotatable bonds is 3. The van der Waals surface area contributed by atoms with Crippen LogP contribution in [-0.2, 0) is 4.79 Å². The third-order valence-electron chi connectivity index (χ3n) is 3.43. The smallest absolute Gasteiger partial charge is 0.321 e. The minimum atomic E-state index is -0.773. The number of benzene rings is 1. The summed E-state index contributed by atoms with van der Waals surface area (Å²) in [5, 5.41) is 9.37. The third kappa shape index (κ3) is 3.42. The van der Waals surface area contributed by atoms with Crippen molar-refractivity contribution in [3.05, 3.63) is 35.9 Å². The topological polar surface area (TPSA) is 40.3 Å². The summed E-state index contributed by atoms with van der Waals surface area (Å²) in [6.07, 6.45) is 6.74. The zero-order valence-corrected chi connectivity index (χ0v) is 10.6. The lowest BCUT2D eigenvalue weighted by atomic mass is 10.0. The Morgan fingerprint density at radius 1 is 1.11 bits per heavy atom. The number of carboxylic acid groups (broad SMARTS) is 1. The van der Waals surface area contributed by atoms with Crippen LogP contribution in [0.15, 0.2) is 30.3 Å².